The Balaban J connectivity index is 2.01. The average Bonchev–Trinajstić information content (AvgIpc) is 2.76. The van der Waals surface area contributed by atoms with Gasteiger partial charge in [-0.2, -0.15) is 5.10 Å². The molecule has 3 nitrogen and oxygen atoms in total. The molecule has 2 aromatic rings. The van der Waals surface area contributed by atoms with Crippen molar-refractivity contribution >= 4 is 11.6 Å². The molecule has 4 heteroatoms. The molecule has 2 rings (SSSR count). The van der Waals surface area contributed by atoms with Crippen molar-refractivity contribution in [1.82, 2.24) is 9.78 Å². The van der Waals surface area contributed by atoms with Crippen LogP contribution in [0.5, 0.6) is 0 Å². The highest BCUT2D eigenvalue weighted by atomic mass is 35.5. The van der Waals surface area contributed by atoms with E-state index < -0.39 is 0 Å². The SMILES string of the molecule is Cn1cc(CCC(CN)c2cccc(Cl)c2)cn1. The lowest BCUT2D eigenvalue weighted by Crippen LogP contribution is -2.13. The van der Waals surface area contributed by atoms with E-state index in [2.05, 4.69) is 11.2 Å². The number of benzene rings is 1. The van der Waals surface area contributed by atoms with Gasteiger partial charge in [-0.15, -0.1) is 0 Å². The lowest BCUT2D eigenvalue weighted by molar-refractivity contribution is 0.633. The van der Waals surface area contributed by atoms with E-state index >= 15 is 0 Å². The summed E-state index contributed by atoms with van der Waals surface area (Å²) in [6.07, 6.45) is 5.96. The Hall–Kier alpha value is -1.32. The predicted octanol–water partition coefficient (Wildman–Crippen LogP) is 2.75. The van der Waals surface area contributed by atoms with Crippen LogP contribution in [0.3, 0.4) is 0 Å². The number of aromatic nitrogens is 2. The molecule has 0 radical (unpaired) electrons. The van der Waals surface area contributed by atoms with Crippen LogP contribution in [-0.4, -0.2) is 16.3 Å². The van der Waals surface area contributed by atoms with Crippen molar-refractivity contribution in [2.24, 2.45) is 12.8 Å². The van der Waals surface area contributed by atoms with Crippen LogP contribution in [0.1, 0.15) is 23.5 Å². The zero-order valence-electron chi connectivity index (χ0n) is 10.5. The Labute approximate surface area is 113 Å². The van der Waals surface area contributed by atoms with Crippen LogP contribution in [-0.2, 0) is 13.5 Å². The van der Waals surface area contributed by atoms with E-state index in [1.807, 2.05) is 42.3 Å². The molecule has 0 aliphatic rings. The smallest absolute Gasteiger partial charge is 0.0521 e. The molecule has 18 heavy (non-hydrogen) atoms. The average molecular weight is 264 g/mol. The van der Waals surface area contributed by atoms with Crippen LogP contribution in [0.15, 0.2) is 36.7 Å². The summed E-state index contributed by atoms with van der Waals surface area (Å²) < 4.78 is 1.83. The lowest BCUT2D eigenvalue weighted by atomic mass is 9.93. The lowest BCUT2D eigenvalue weighted by Gasteiger charge is -2.14. The minimum atomic E-state index is 0.351. The highest BCUT2D eigenvalue weighted by Gasteiger charge is 2.10. The Morgan fingerprint density at radius 3 is 2.89 bits per heavy atom. The second-order valence-corrected chi connectivity index (χ2v) is 4.98. The van der Waals surface area contributed by atoms with Crippen molar-refractivity contribution in [3.63, 3.8) is 0 Å². The van der Waals surface area contributed by atoms with Crippen molar-refractivity contribution in [2.45, 2.75) is 18.8 Å². The third-order valence-electron chi connectivity index (χ3n) is 3.14. The van der Waals surface area contributed by atoms with Gasteiger partial charge < -0.3 is 5.73 Å². The molecule has 1 aromatic heterocycles. The fourth-order valence-electron chi connectivity index (χ4n) is 2.12. The molecule has 2 N–H and O–H groups in total. The van der Waals surface area contributed by atoms with E-state index in [-0.39, 0.29) is 0 Å². The van der Waals surface area contributed by atoms with Gasteiger partial charge in [-0.05, 0) is 48.6 Å². The van der Waals surface area contributed by atoms with Crippen molar-refractivity contribution < 1.29 is 0 Å². The van der Waals surface area contributed by atoms with Gasteiger partial charge in [0.05, 0.1) is 6.20 Å². The largest absolute Gasteiger partial charge is 0.330 e. The third kappa shape index (κ3) is 3.34. The molecule has 0 spiro atoms. The molecule has 1 atom stereocenters. The monoisotopic (exact) mass is 263 g/mol. The zero-order valence-corrected chi connectivity index (χ0v) is 11.3. The molecule has 0 saturated carbocycles. The van der Waals surface area contributed by atoms with E-state index in [4.69, 9.17) is 17.3 Å². The van der Waals surface area contributed by atoms with Crippen molar-refractivity contribution in [3.8, 4) is 0 Å². The number of aryl methyl sites for hydroxylation is 2. The Morgan fingerprint density at radius 1 is 1.44 bits per heavy atom. The maximum absolute atomic E-state index is 6.01. The molecule has 0 aliphatic carbocycles. The van der Waals surface area contributed by atoms with Gasteiger partial charge in [0, 0.05) is 18.3 Å². The molecule has 0 amide bonds. The maximum Gasteiger partial charge on any atom is 0.0521 e. The van der Waals surface area contributed by atoms with E-state index in [9.17, 15) is 0 Å². The topological polar surface area (TPSA) is 43.8 Å². The quantitative estimate of drug-likeness (QED) is 0.902. The van der Waals surface area contributed by atoms with Crippen LogP contribution < -0.4 is 5.73 Å². The molecule has 1 unspecified atom stereocenters. The van der Waals surface area contributed by atoms with E-state index in [0.29, 0.717) is 12.5 Å². The number of halogens is 1. The van der Waals surface area contributed by atoms with E-state index in [1.165, 1.54) is 11.1 Å². The molecule has 1 aromatic carbocycles. The molecule has 96 valence electrons. The van der Waals surface area contributed by atoms with Crippen molar-refractivity contribution in [3.05, 3.63) is 52.8 Å². The summed E-state index contributed by atoms with van der Waals surface area (Å²) >= 11 is 6.01. The van der Waals surface area contributed by atoms with Gasteiger partial charge in [0.25, 0.3) is 0 Å². The summed E-state index contributed by atoms with van der Waals surface area (Å²) in [5.41, 5.74) is 8.33. The van der Waals surface area contributed by atoms with Gasteiger partial charge in [0.15, 0.2) is 0 Å². The summed E-state index contributed by atoms with van der Waals surface area (Å²) in [7, 11) is 1.93. The van der Waals surface area contributed by atoms with E-state index in [1.54, 1.807) is 0 Å². The molecule has 1 heterocycles. The minimum absolute atomic E-state index is 0.351. The van der Waals surface area contributed by atoms with E-state index in [0.717, 1.165) is 17.9 Å². The summed E-state index contributed by atoms with van der Waals surface area (Å²) in [6.45, 7) is 0.639. The fraction of sp³-hybridized carbons (Fsp3) is 0.357. The Bertz CT molecular complexity index is 507. The Kier molecular flexibility index (Phi) is 4.39. The second-order valence-electron chi connectivity index (χ2n) is 4.55. The molecule has 0 bridgehead atoms. The number of nitrogens with zero attached hydrogens (tertiary/aromatic N) is 2. The predicted molar refractivity (Wildman–Crippen MR) is 74.8 cm³/mol. The molecule has 0 fully saturated rings. The molecule has 0 saturated heterocycles. The first-order chi connectivity index (χ1) is 8.69. The van der Waals surface area contributed by atoms with Crippen molar-refractivity contribution in [1.29, 1.82) is 0 Å². The number of nitrogens with two attached hydrogens (primary N) is 1. The fourth-order valence-corrected chi connectivity index (χ4v) is 2.32. The van der Waals surface area contributed by atoms with Gasteiger partial charge in [-0.25, -0.2) is 0 Å². The first-order valence-electron chi connectivity index (χ1n) is 6.12. The zero-order chi connectivity index (χ0) is 13.0. The molecular weight excluding hydrogens is 246 g/mol. The summed E-state index contributed by atoms with van der Waals surface area (Å²) in [5, 5.41) is 4.94. The van der Waals surface area contributed by atoms with Crippen LogP contribution >= 0.6 is 11.6 Å². The van der Waals surface area contributed by atoms with Crippen LogP contribution in [0.4, 0.5) is 0 Å². The Morgan fingerprint density at radius 2 is 2.28 bits per heavy atom. The standard InChI is InChI=1S/C14H18ClN3/c1-18-10-11(9-17-18)5-6-13(8-16)12-3-2-4-14(15)7-12/h2-4,7,9-10,13H,5-6,8,16H2,1H3. The van der Waals surface area contributed by atoms with Gasteiger partial charge in [0.1, 0.15) is 0 Å². The highest BCUT2D eigenvalue weighted by Crippen LogP contribution is 2.23. The van der Waals surface area contributed by atoms with Gasteiger partial charge in [0.2, 0.25) is 0 Å². The third-order valence-corrected chi connectivity index (χ3v) is 3.38. The van der Waals surface area contributed by atoms with Gasteiger partial charge in [-0.3, -0.25) is 4.68 Å². The second kappa shape index (κ2) is 6.03. The van der Waals surface area contributed by atoms with Crippen LogP contribution in [0.2, 0.25) is 5.02 Å². The maximum atomic E-state index is 6.01. The normalized spacial score (nSPS) is 12.6. The van der Waals surface area contributed by atoms with Crippen LogP contribution in [0, 0.1) is 0 Å². The van der Waals surface area contributed by atoms with Gasteiger partial charge in [-0.1, -0.05) is 23.7 Å². The number of rotatable bonds is 5. The first kappa shape index (κ1) is 13.1. The minimum Gasteiger partial charge on any atom is -0.330 e. The van der Waals surface area contributed by atoms with Gasteiger partial charge >= 0.3 is 0 Å². The number of hydrogen-bond acceptors (Lipinski definition) is 2. The summed E-state index contributed by atoms with van der Waals surface area (Å²) in [6, 6.07) is 7.96. The van der Waals surface area contributed by atoms with Crippen molar-refractivity contribution in [2.75, 3.05) is 6.54 Å². The molecule has 0 aliphatic heterocycles. The first-order valence-corrected chi connectivity index (χ1v) is 6.50. The molecular formula is C14H18ClN3. The highest BCUT2D eigenvalue weighted by molar-refractivity contribution is 6.30. The van der Waals surface area contributed by atoms with Crippen LogP contribution in [0.25, 0.3) is 0 Å². The number of hydrogen-bond donors (Lipinski definition) is 1. The summed E-state index contributed by atoms with van der Waals surface area (Å²) in [4.78, 5) is 0. The summed E-state index contributed by atoms with van der Waals surface area (Å²) in [5.74, 6) is 0.351.